The van der Waals surface area contributed by atoms with Crippen molar-refractivity contribution in [3.63, 3.8) is 0 Å². The summed E-state index contributed by atoms with van der Waals surface area (Å²) in [5.41, 5.74) is 0. The summed E-state index contributed by atoms with van der Waals surface area (Å²) in [5.74, 6) is 0.0752. The van der Waals surface area contributed by atoms with E-state index in [2.05, 4.69) is 0 Å². The van der Waals surface area contributed by atoms with Crippen molar-refractivity contribution in [2.24, 2.45) is 5.92 Å². The van der Waals surface area contributed by atoms with Gasteiger partial charge in [-0.3, -0.25) is 4.79 Å². The van der Waals surface area contributed by atoms with Gasteiger partial charge in [0, 0.05) is 13.2 Å². The molecule has 0 aromatic rings. The van der Waals surface area contributed by atoms with Crippen molar-refractivity contribution in [2.45, 2.75) is 18.9 Å². The van der Waals surface area contributed by atoms with Crippen LogP contribution in [-0.2, 0) is 9.53 Å². The van der Waals surface area contributed by atoms with E-state index in [0.29, 0.717) is 13.2 Å². The molecule has 1 aliphatic heterocycles. The molecule has 0 aromatic carbocycles. The quantitative estimate of drug-likeness (QED) is 0.586. The van der Waals surface area contributed by atoms with Crippen molar-refractivity contribution in [3.8, 4) is 0 Å². The van der Waals surface area contributed by atoms with Gasteiger partial charge in [0.1, 0.15) is 6.10 Å². The molecule has 1 fully saturated rings. The highest BCUT2D eigenvalue weighted by molar-refractivity contribution is 5.57. The third-order valence-electron chi connectivity index (χ3n) is 1.83. The van der Waals surface area contributed by atoms with Gasteiger partial charge in [-0.1, -0.05) is 0 Å². The first-order valence-electron chi connectivity index (χ1n) is 3.48. The number of ether oxygens (including phenoxy) is 1. The van der Waals surface area contributed by atoms with Gasteiger partial charge >= 0.3 is 0 Å². The Bertz CT molecular complexity index is 107. The van der Waals surface area contributed by atoms with E-state index >= 15 is 0 Å². The van der Waals surface area contributed by atoms with Gasteiger partial charge in [0.25, 0.3) is 0 Å². The van der Waals surface area contributed by atoms with Crippen LogP contribution in [0.4, 0.5) is 0 Å². The lowest BCUT2D eigenvalue weighted by molar-refractivity contribution is 0.0298. The molecule has 1 radical (unpaired) electrons. The lowest BCUT2D eigenvalue weighted by Crippen LogP contribution is -2.28. The van der Waals surface area contributed by atoms with Crippen LogP contribution >= 0.6 is 0 Å². The van der Waals surface area contributed by atoms with Gasteiger partial charge in [-0.15, -0.1) is 0 Å². The van der Waals surface area contributed by atoms with E-state index in [0.717, 1.165) is 12.8 Å². The Morgan fingerprint density at radius 1 is 1.50 bits per heavy atom. The van der Waals surface area contributed by atoms with Crippen LogP contribution in [0.15, 0.2) is 0 Å². The highest BCUT2D eigenvalue weighted by Crippen LogP contribution is 2.17. The molecule has 57 valence electrons. The van der Waals surface area contributed by atoms with Crippen molar-refractivity contribution in [1.82, 2.24) is 0 Å². The minimum absolute atomic E-state index is 0.0752. The van der Waals surface area contributed by atoms with Crippen LogP contribution in [0, 0.1) is 5.92 Å². The number of aliphatic hydroxyl groups excluding tert-OH is 1. The fourth-order valence-electron chi connectivity index (χ4n) is 1.13. The molecule has 1 aliphatic rings. The Kier molecular flexibility index (Phi) is 2.83. The lowest BCUT2D eigenvalue weighted by Gasteiger charge is -2.22. The summed E-state index contributed by atoms with van der Waals surface area (Å²) in [5, 5.41) is 9.00. The van der Waals surface area contributed by atoms with E-state index in [-0.39, 0.29) is 5.92 Å². The van der Waals surface area contributed by atoms with Crippen LogP contribution in [0.5, 0.6) is 0 Å². The summed E-state index contributed by atoms with van der Waals surface area (Å²) in [6.45, 7) is 1.31. The second-order valence-electron chi connectivity index (χ2n) is 2.51. The molecule has 3 nitrogen and oxygen atoms in total. The predicted molar refractivity (Wildman–Crippen MR) is 35.2 cm³/mol. The fourth-order valence-corrected chi connectivity index (χ4v) is 1.13. The highest BCUT2D eigenvalue weighted by Gasteiger charge is 2.21. The Labute approximate surface area is 60.0 Å². The third kappa shape index (κ3) is 1.78. The summed E-state index contributed by atoms with van der Waals surface area (Å²) < 4.78 is 5.05. The van der Waals surface area contributed by atoms with Gasteiger partial charge in [0.15, 0.2) is 0 Å². The third-order valence-corrected chi connectivity index (χ3v) is 1.83. The van der Waals surface area contributed by atoms with Crippen LogP contribution in [0.25, 0.3) is 0 Å². The maximum absolute atomic E-state index is 9.99. The number of hydrogen-bond donors (Lipinski definition) is 1. The molecule has 0 spiro atoms. The largest absolute Gasteiger partial charge is 0.385 e. The molecule has 1 saturated heterocycles. The molecule has 0 aromatic heterocycles. The zero-order valence-corrected chi connectivity index (χ0v) is 5.75. The summed E-state index contributed by atoms with van der Waals surface area (Å²) in [4.78, 5) is 9.99. The highest BCUT2D eigenvalue weighted by atomic mass is 16.5. The first-order valence-corrected chi connectivity index (χ1v) is 3.48. The summed E-state index contributed by atoms with van der Waals surface area (Å²) in [6, 6.07) is 0. The first kappa shape index (κ1) is 7.69. The molecule has 1 atom stereocenters. The zero-order valence-electron chi connectivity index (χ0n) is 5.75. The summed E-state index contributed by atoms with van der Waals surface area (Å²) in [7, 11) is 0. The van der Waals surface area contributed by atoms with Crippen LogP contribution in [0.2, 0.25) is 0 Å². The van der Waals surface area contributed by atoms with Crippen LogP contribution in [0.1, 0.15) is 12.8 Å². The molecule has 0 bridgehead atoms. The SMILES string of the molecule is O=[C]C(O)C1CCOCC1. The molecule has 1 unspecified atom stereocenters. The van der Waals surface area contributed by atoms with Gasteiger partial charge in [-0.2, -0.15) is 0 Å². The average Bonchev–Trinajstić information content (AvgIpc) is 2.05. The minimum atomic E-state index is -0.899. The van der Waals surface area contributed by atoms with E-state index in [1.54, 1.807) is 6.29 Å². The number of aliphatic hydroxyl groups is 1. The van der Waals surface area contributed by atoms with E-state index < -0.39 is 6.10 Å². The molecule has 3 heteroatoms. The molecule has 0 amide bonds. The number of rotatable bonds is 2. The topological polar surface area (TPSA) is 46.5 Å². The second kappa shape index (κ2) is 3.68. The minimum Gasteiger partial charge on any atom is -0.385 e. The van der Waals surface area contributed by atoms with Crippen LogP contribution in [0.3, 0.4) is 0 Å². The lowest BCUT2D eigenvalue weighted by atomic mass is 9.95. The molecule has 1 rings (SSSR count). The Hall–Kier alpha value is -0.410. The molecular weight excluding hydrogens is 132 g/mol. The van der Waals surface area contributed by atoms with Gasteiger partial charge < -0.3 is 9.84 Å². The van der Waals surface area contributed by atoms with Crippen LogP contribution < -0.4 is 0 Å². The van der Waals surface area contributed by atoms with Gasteiger partial charge in [0.05, 0.1) is 0 Å². The zero-order chi connectivity index (χ0) is 7.40. The summed E-state index contributed by atoms with van der Waals surface area (Å²) >= 11 is 0. The Balaban J connectivity index is 2.30. The average molecular weight is 143 g/mol. The molecule has 1 N–H and O–H groups in total. The monoisotopic (exact) mass is 143 g/mol. The van der Waals surface area contributed by atoms with Crippen molar-refractivity contribution in [1.29, 1.82) is 0 Å². The predicted octanol–water partition coefficient (Wildman–Crippen LogP) is -0.116. The van der Waals surface area contributed by atoms with E-state index in [1.165, 1.54) is 0 Å². The fraction of sp³-hybridized carbons (Fsp3) is 0.857. The van der Waals surface area contributed by atoms with Gasteiger partial charge in [-0.25, -0.2) is 0 Å². The molecular formula is C7H11O3. The first-order chi connectivity index (χ1) is 4.84. The van der Waals surface area contributed by atoms with Crippen molar-refractivity contribution >= 4 is 6.29 Å². The normalized spacial score (nSPS) is 24.1. The smallest absolute Gasteiger partial charge is 0.229 e. The molecule has 10 heavy (non-hydrogen) atoms. The standard InChI is InChI=1S/C7H11O3/c8-5-7(9)6-1-3-10-4-2-6/h6-7,9H,1-4H2. The maximum atomic E-state index is 9.99. The van der Waals surface area contributed by atoms with E-state index in [9.17, 15) is 4.79 Å². The van der Waals surface area contributed by atoms with E-state index in [1.807, 2.05) is 0 Å². The van der Waals surface area contributed by atoms with Gasteiger partial charge in [-0.05, 0) is 18.8 Å². The molecule has 0 saturated carbocycles. The van der Waals surface area contributed by atoms with Gasteiger partial charge in [0.2, 0.25) is 6.29 Å². The maximum Gasteiger partial charge on any atom is 0.229 e. The van der Waals surface area contributed by atoms with Crippen LogP contribution in [-0.4, -0.2) is 30.7 Å². The number of hydrogen-bond acceptors (Lipinski definition) is 3. The Morgan fingerprint density at radius 2 is 2.10 bits per heavy atom. The van der Waals surface area contributed by atoms with E-state index in [4.69, 9.17) is 9.84 Å². The van der Waals surface area contributed by atoms with Crippen molar-refractivity contribution < 1.29 is 14.6 Å². The molecule has 0 aliphatic carbocycles. The van der Waals surface area contributed by atoms with Crippen molar-refractivity contribution in [3.05, 3.63) is 0 Å². The Morgan fingerprint density at radius 3 is 2.60 bits per heavy atom. The van der Waals surface area contributed by atoms with Crippen molar-refractivity contribution in [2.75, 3.05) is 13.2 Å². The second-order valence-corrected chi connectivity index (χ2v) is 2.51. The number of carbonyl (C=O) groups excluding carboxylic acids is 1. The molecule has 1 heterocycles. The summed E-state index contributed by atoms with van der Waals surface area (Å²) in [6.07, 6.45) is 2.23.